The third-order valence-electron chi connectivity index (χ3n) is 3.10. The van der Waals surface area contributed by atoms with Gasteiger partial charge >= 0.3 is 0 Å². The summed E-state index contributed by atoms with van der Waals surface area (Å²) in [5.74, 6) is -0.406. The van der Waals surface area contributed by atoms with Crippen molar-refractivity contribution in [2.45, 2.75) is 20.0 Å². The van der Waals surface area contributed by atoms with Crippen LogP contribution in [0.4, 0.5) is 4.39 Å². The minimum absolute atomic E-state index is 0.237. The van der Waals surface area contributed by atoms with Crippen LogP contribution in [-0.2, 0) is 0 Å². The second-order valence-electron chi connectivity index (χ2n) is 4.41. The van der Waals surface area contributed by atoms with E-state index in [9.17, 15) is 9.50 Å². The molecule has 0 spiro atoms. The molecule has 1 unspecified atom stereocenters. The standard InChI is InChI=1S/C15H14ClFO/c1-9-3-4-11(7-10(9)2)15(18)13-6-5-12(17)8-14(13)16/h3-8,15,18H,1-2H3. The van der Waals surface area contributed by atoms with Gasteiger partial charge in [0.25, 0.3) is 0 Å². The Balaban J connectivity index is 2.41. The maximum Gasteiger partial charge on any atom is 0.124 e. The maximum absolute atomic E-state index is 13.0. The monoisotopic (exact) mass is 264 g/mol. The molecule has 94 valence electrons. The summed E-state index contributed by atoms with van der Waals surface area (Å²) < 4.78 is 13.0. The van der Waals surface area contributed by atoms with E-state index in [0.717, 1.165) is 16.7 Å². The Hall–Kier alpha value is -1.38. The van der Waals surface area contributed by atoms with Crippen LogP contribution in [0.5, 0.6) is 0 Å². The number of benzene rings is 2. The Labute approximate surface area is 111 Å². The Morgan fingerprint density at radius 3 is 2.39 bits per heavy atom. The lowest BCUT2D eigenvalue weighted by molar-refractivity contribution is 0.220. The zero-order valence-electron chi connectivity index (χ0n) is 10.2. The van der Waals surface area contributed by atoms with Crippen LogP contribution in [-0.4, -0.2) is 5.11 Å². The molecule has 18 heavy (non-hydrogen) atoms. The molecule has 0 aliphatic carbocycles. The zero-order chi connectivity index (χ0) is 13.3. The molecule has 0 aliphatic heterocycles. The Morgan fingerprint density at radius 2 is 1.78 bits per heavy atom. The van der Waals surface area contributed by atoms with E-state index >= 15 is 0 Å². The summed E-state index contributed by atoms with van der Waals surface area (Å²) >= 11 is 5.95. The summed E-state index contributed by atoms with van der Waals surface area (Å²) in [6.07, 6.45) is -0.836. The van der Waals surface area contributed by atoms with E-state index in [4.69, 9.17) is 11.6 Å². The molecule has 2 aromatic carbocycles. The van der Waals surface area contributed by atoms with Crippen LogP contribution in [0.2, 0.25) is 5.02 Å². The quantitative estimate of drug-likeness (QED) is 0.863. The van der Waals surface area contributed by atoms with Crippen LogP contribution in [0.15, 0.2) is 36.4 Å². The average molecular weight is 265 g/mol. The van der Waals surface area contributed by atoms with Gasteiger partial charge in [0.05, 0.1) is 0 Å². The van der Waals surface area contributed by atoms with Crippen molar-refractivity contribution in [3.63, 3.8) is 0 Å². The molecule has 0 aliphatic rings. The van der Waals surface area contributed by atoms with E-state index in [2.05, 4.69) is 0 Å². The van der Waals surface area contributed by atoms with Crippen LogP contribution in [0, 0.1) is 19.7 Å². The van der Waals surface area contributed by atoms with E-state index in [1.54, 1.807) is 0 Å². The summed E-state index contributed by atoms with van der Waals surface area (Å²) in [6.45, 7) is 3.99. The SMILES string of the molecule is Cc1ccc(C(O)c2ccc(F)cc2Cl)cc1C. The highest BCUT2D eigenvalue weighted by molar-refractivity contribution is 6.31. The largest absolute Gasteiger partial charge is 0.384 e. The number of aliphatic hydroxyl groups excluding tert-OH is 1. The van der Waals surface area contributed by atoms with Crippen molar-refractivity contribution in [2.24, 2.45) is 0 Å². The first-order valence-corrected chi connectivity index (χ1v) is 6.07. The van der Waals surface area contributed by atoms with E-state index < -0.39 is 11.9 Å². The van der Waals surface area contributed by atoms with Crippen LogP contribution in [0.25, 0.3) is 0 Å². The third kappa shape index (κ3) is 2.55. The Kier molecular flexibility index (Phi) is 3.69. The summed E-state index contributed by atoms with van der Waals surface area (Å²) in [6, 6.07) is 9.74. The molecule has 2 rings (SSSR count). The van der Waals surface area contributed by atoms with Crippen LogP contribution in [0.1, 0.15) is 28.4 Å². The fourth-order valence-electron chi connectivity index (χ4n) is 1.84. The number of hydrogen-bond donors (Lipinski definition) is 1. The van der Waals surface area contributed by atoms with Crippen molar-refractivity contribution in [2.75, 3.05) is 0 Å². The topological polar surface area (TPSA) is 20.2 Å². The van der Waals surface area contributed by atoms with Crippen LogP contribution >= 0.6 is 11.6 Å². The number of rotatable bonds is 2. The highest BCUT2D eigenvalue weighted by Crippen LogP contribution is 2.29. The minimum Gasteiger partial charge on any atom is -0.384 e. The molecule has 1 atom stereocenters. The van der Waals surface area contributed by atoms with Crippen molar-refractivity contribution in [3.8, 4) is 0 Å². The molecule has 0 aromatic heterocycles. The molecule has 0 bridgehead atoms. The van der Waals surface area contributed by atoms with E-state index in [1.165, 1.54) is 18.2 Å². The van der Waals surface area contributed by atoms with Gasteiger partial charge in [-0.25, -0.2) is 4.39 Å². The van der Waals surface area contributed by atoms with Gasteiger partial charge in [-0.05, 0) is 42.7 Å². The van der Waals surface area contributed by atoms with Gasteiger partial charge in [-0.15, -0.1) is 0 Å². The highest BCUT2D eigenvalue weighted by Gasteiger charge is 2.14. The predicted molar refractivity (Wildman–Crippen MR) is 71.4 cm³/mol. The highest BCUT2D eigenvalue weighted by atomic mass is 35.5. The van der Waals surface area contributed by atoms with Gasteiger partial charge in [-0.3, -0.25) is 0 Å². The first-order valence-electron chi connectivity index (χ1n) is 5.69. The van der Waals surface area contributed by atoms with Crippen LogP contribution in [0.3, 0.4) is 0 Å². The van der Waals surface area contributed by atoms with Crippen LogP contribution < -0.4 is 0 Å². The first-order chi connectivity index (χ1) is 8.49. The summed E-state index contributed by atoms with van der Waals surface area (Å²) in [4.78, 5) is 0. The Bertz CT molecular complexity index is 581. The minimum atomic E-state index is -0.836. The van der Waals surface area contributed by atoms with E-state index in [-0.39, 0.29) is 5.02 Å². The average Bonchev–Trinajstić information content (AvgIpc) is 2.32. The van der Waals surface area contributed by atoms with Gasteiger partial charge in [0.1, 0.15) is 11.9 Å². The van der Waals surface area contributed by atoms with Crippen molar-refractivity contribution < 1.29 is 9.50 Å². The van der Waals surface area contributed by atoms with Crippen molar-refractivity contribution >= 4 is 11.6 Å². The summed E-state index contributed by atoms with van der Waals surface area (Å²) in [5, 5.41) is 10.5. The molecule has 2 aromatic rings. The second-order valence-corrected chi connectivity index (χ2v) is 4.82. The molecule has 0 amide bonds. The summed E-state index contributed by atoms with van der Waals surface area (Å²) in [7, 11) is 0. The maximum atomic E-state index is 13.0. The molecule has 0 heterocycles. The lowest BCUT2D eigenvalue weighted by Gasteiger charge is -2.14. The molecule has 0 fully saturated rings. The van der Waals surface area contributed by atoms with Gasteiger partial charge in [-0.1, -0.05) is 35.9 Å². The van der Waals surface area contributed by atoms with Gasteiger partial charge < -0.3 is 5.11 Å². The van der Waals surface area contributed by atoms with Gasteiger partial charge in [0.2, 0.25) is 0 Å². The third-order valence-corrected chi connectivity index (χ3v) is 3.43. The Morgan fingerprint density at radius 1 is 1.06 bits per heavy atom. The number of aryl methyl sites for hydroxylation is 2. The van der Waals surface area contributed by atoms with Crippen molar-refractivity contribution in [3.05, 3.63) is 69.5 Å². The van der Waals surface area contributed by atoms with Gasteiger partial charge in [0, 0.05) is 10.6 Å². The molecule has 0 saturated heterocycles. The zero-order valence-corrected chi connectivity index (χ0v) is 11.0. The summed E-state index contributed by atoms with van der Waals surface area (Å²) in [5.41, 5.74) is 3.54. The smallest absolute Gasteiger partial charge is 0.124 e. The normalized spacial score (nSPS) is 12.5. The fourth-order valence-corrected chi connectivity index (χ4v) is 2.11. The fraction of sp³-hybridized carbons (Fsp3) is 0.200. The molecular formula is C15H14ClFO. The van der Waals surface area contributed by atoms with E-state index in [1.807, 2.05) is 32.0 Å². The lowest BCUT2D eigenvalue weighted by Crippen LogP contribution is -2.01. The molecule has 1 nitrogen and oxygen atoms in total. The molecule has 3 heteroatoms. The molecule has 1 N–H and O–H groups in total. The van der Waals surface area contributed by atoms with Gasteiger partial charge in [0.15, 0.2) is 0 Å². The van der Waals surface area contributed by atoms with E-state index in [0.29, 0.717) is 5.56 Å². The second kappa shape index (κ2) is 5.09. The molecular weight excluding hydrogens is 251 g/mol. The number of halogens is 2. The van der Waals surface area contributed by atoms with Crippen molar-refractivity contribution in [1.82, 2.24) is 0 Å². The number of aliphatic hydroxyl groups is 1. The molecule has 0 radical (unpaired) electrons. The van der Waals surface area contributed by atoms with Gasteiger partial charge in [-0.2, -0.15) is 0 Å². The van der Waals surface area contributed by atoms with Crippen molar-refractivity contribution in [1.29, 1.82) is 0 Å². The predicted octanol–water partition coefficient (Wildman–Crippen LogP) is 4.18. The number of hydrogen-bond acceptors (Lipinski definition) is 1. The first kappa shape index (κ1) is 13.1. The molecule has 0 saturated carbocycles. The lowest BCUT2D eigenvalue weighted by atomic mass is 9.98.